The van der Waals surface area contributed by atoms with Crippen molar-refractivity contribution in [2.24, 2.45) is 0 Å². The Balaban J connectivity index is 1.55. The molecule has 1 saturated heterocycles. The summed E-state index contributed by atoms with van der Waals surface area (Å²) in [5.74, 6) is 0.291. The van der Waals surface area contributed by atoms with Gasteiger partial charge in [0.15, 0.2) is 5.82 Å². The molecule has 1 aromatic heterocycles. The molecular formula is C17H20N6O2. The third-order valence-corrected chi connectivity index (χ3v) is 5.08. The molecule has 0 bridgehead atoms. The highest BCUT2D eigenvalue weighted by molar-refractivity contribution is 5.98. The second kappa shape index (κ2) is 5.94. The lowest BCUT2D eigenvalue weighted by Gasteiger charge is -2.38. The molecule has 8 heteroatoms. The average Bonchev–Trinajstić information content (AvgIpc) is 3.21. The molecule has 0 unspecified atom stereocenters. The predicted molar refractivity (Wildman–Crippen MR) is 88.8 cm³/mol. The fourth-order valence-electron chi connectivity index (χ4n) is 3.68. The quantitative estimate of drug-likeness (QED) is 0.918. The maximum absolute atomic E-state index is 12.6. The molecule has 1 aliphatic carbocycles. The zero-order chi connectivity index (χ0) is 17.4. The summed E-state index contributed by atoms with van der Waals surface area (Å²) in [6.45, 7) is 2.06. The summed E-state index contributed by atoms with van der Waals surface area (Å²) >= 11 is 0. The van der Waals surface area contributed by atoms with E-state index in [1.165, 1.54) is 4.90 Å². The minimum atomic E-state index is -0.350. The van der Waals surface area contributed by atoms with E-state index in [1.54, 1.807) is 4.68 Å². The van der Waals surface area contributed by atoms with Crippen LogP contribution in [0.3, 0.4) is 0 Å². The van der Waals surface area contributed by atoms with Crippen LogP contribution < -0.4 is 5.32 Å². The number of rotatable bonds is 3. The molecule has 0 atom stereocenters. The number of aromatic nitrogens is 4. The van der Waals surface area contributed by atoms with E-state index in [0.717, 1.165) is 36.9 Å². The largest absolute Gasteiger partial charge is 0.332 e. The zero-order valence-electron chi connectivity index (χ0n) is 14.1. The van der Waals surface area contributed by atoms with E-state index in [9.17, 15) is 9.59 Å². The van der Waals surface area contributed by atoms with Gasteiger partial charge in [-0.25, -0.2) is 4.79 Å². The molecule has 1 aliphatic heterocycles. The number of aryl methyl sites for hydroxylation is 1. The van der Waals surface area contributed by atoms with E-state index in [0.29, 0.717) is 12.2 Å². The van der Waals surface area contributed by atoms with Crippen molar-refractivity contribution >= 4 is 11.9 Å². The van der Waals surface area contributed by atoms with Crippen molar-refractivity contribution in [1.29, 1.82) is 0 Å². The summed E-state index contributed by atoms with van der Waals surface area (Å²) in [7, 11) is 0. The molecule has 130 valence electrons. The van der Waals surface area contributed by atoms with Crippen molar-refractivity contribution in [2.45, 2.75) is 51.1 Å². The highest BCUT2D eigenvalue weighted by atomic mass is 16.2. The minimum absolute atomic E-state index is 0.0572. The molecule has 8 nitrogen and oxygen atoms in total. The van der Waals surface area contributed by atoms with Crippen molar-refractivity contribution in [3.63, 3.8) is 0 Å². The number of amides is 3. The highest BCUT2D eigenvalue weighted by Crippen LogP contribution is 2.35. The second-order valence-electron chi connectivity index (χ2n) is 6.92. The molecule has 1 N–H and O–H groups in total. The average molecular weight is 340 g/mol. The Morgan fingerprint density at radius 2 is 1.88 bits per heavy atom. The van der Waals surface area contributed by atoms with Crippen LogP contribution in [-0.4, -0.2) is 42.6 Å². The van der Waals surface area contributed by atoms with Crippen molar-refractivity contribution in [3.05, 3.63) is 35.7 Å². The number of hydrogen-bond acceptors (Lipinski definition) is 5. The molecule has 2 aromatic rings. The van der Waals surface area contributed by atoms with Crippen LogP contribution in [0.2, 0.25) is 0 Å². The van der Waals surface area contributed by atoms with Crippen LogP contribution in [0.1, 0.15) is 43.5 Å². The Hall–Kier alpha value is -2.77. The van der Waals surface area contributed by atoms with Crippen LogP contribution in [0, 0.1) is 6.92 Å². The number of hydrogen-bond donors (Lipinski definition) is 1. The van der Waals surface area contributed by atoms with Crippen LogP contribution in [0.5, 0.6) is 0 Å². The van der Waals surface area contributed by atoms with E-state index in [2.05, 4.69) is 20.8 Å². The highest BCUT2D eigenvalue weighted by Gasteiger charge is 2.44. The lowest BCUT2D eigenvalue weighted by molar-refractivity contribution is -0.132. The number of nitrogens with one attached hydrogen (secondary N) is 1. The molecule has 25 heavy (non-hydrogen) atoms. The number of benzene rings is 1. The molecule has 2 fully saturated rings. The summed E-state index contributed by atoms with van der Waals surface area (Å²) in [5, 5.41) is 14.7. The maximum atomic E-state index is 12.6. The Kier molecular flexibility index (Phi) is 3.74. The summed E-state index contributed by atoms with van der Waals surface area (Å²) in [6.07, 6.45) is 4.21. The molecule has 2 heterocycles. The van der Waals surface area contributed by atoms with Crippen molar-refractivity contribution in [1.82, 2.24) is 30.4 Å². The lowest BCUT2D eigenvalue weighted by Crippen LogP contribution is -2.60. The third-order valence-electron chi connectivity index (χ3n) is 5.08. The Morgan fingerprint density at radius 3 is 2.56 bits per heavy atom. The zero-order valence-corrected chi connectivity index (χ0v) is 14.1. The number of carbonyl (C=O) groups is 2. The van der Waals surface area contributed by atoms with Gasteiger partial charge in [0.1, 0.15) is 0 Å². The summed E-state index contributed by atoms with van der Waals surface area (Å²) in [5.41, 5.74) is 1.58. The molecular weight excluding hydrogens is 320 g/mol. The van der Waals surface area contributed by atoms with Gasteiger partial charge in [0, 0.05) is 0 Å². The van der Waals surface area contributed by atoms with Gasteiger partial charge < -0.3 is 5.32 Å². The van der Waals surface area contributed by atoms with E-state index >= 15 is 0 Å². The smallest absolute Gasteiger partial charge is 0.324 e. The number of imide groups is 1. The normalized spacial score (nSPS) is 19.5. The van der Waals surface area contributed by atoms with E-state index in [4.69, 9.17) is 0 Å². The van der Waals surface area contributed by atoms with Crippen LogP contribution in [0.25, 0.3) is 5.69 Å². The van der Waals surface area contributed by atoms with Crippen molar-refractivity contribution in [3.8, 4) is 5.69 Å². The first-order chi connectivity index (χ1) is 12.1. The standard InChI is InChI=1S/C17H20N6O2/c1-12-4-6-13(7-5-12)23-14(19-20-21-23)11-22-15(24)10-17(18-16(22)25)8-2-3-9-17/h4-7H,2-3,8-11H2,1H3,(H,18,25). The van der Waals surface area contributed by atoms with Crippen LogP contribution in [0.15, 0.2) is 24.3 Å². The minimum Gasteiger partial charge on any atom is -0.332 e. The fourth-order valence-corrected chi connectivity index (χ4v) is 3.68. The van der Waals surface area contributed by atoms with Crippen LogP contribution >= 0.6 is 0 Å². The van der Waals surface area contributed by atoms with E-state index in [-0.39, 0.29) is 24.0 Å². The number of carbonyl (C=O) groups excluding carboxylic acids is 2. The van der Waals surface area contributed by atoms with Crippen molar-refractivity contribution < 1.29 is 9.59 Å². The van der Waals surface area contributed by atoms with Gasteiger partial charge >= 0.3 is 6.03 Å². The van der Waals surface area contributed by atoms with Gasteiger partial charge in [0.2, 0.25) is 5.91 Å². The second-order valence-corrected chi connectivity index (χ2v) is 6.92. The topological polar surface area (TPSA) is 93.0 Å². The molecule has 1 aromatic carbocycles. The molecule has 2 aliphatic rings. The first-order valence-electron chi connectivity index (χ1n) is 8.53. The molecule has 4 rings (SSSR count). The Morgan fingerprint density at radius 1 is 1.16 bits per heavy atom. The Bertz CT molecular complexity index is 787. The Labute approximate surface area is 145 Å². The first-order valence-corrected chi connectivity index (χ1v) is 8.53. The van der Waals surface area contributed by atoms with Gasteiger partial charge in [0.05, 0.1) is 24.2 Å². The van der Waals surface area contributed by atoms with Gasteiger partial charge in [-0.15, -0.1) is 5.10 Å². The van der Waals surface area contributed by atoms with Crippen LogP contribution in [0.4, 0.5) is 4.79 Å². The molecule has 1 spiro atoms. The van der Waals surface area contributed by atoms with Gasteiger partial charge in [-0.1, -0.05) is 30.5 Å². The number of nitrogens with zero attached hydrogens (tertiary/aromatic N) is 5. The monoisotopic (exact) mass is 340 g/mol. The van der Waals surface area contributed by atoms with Gasteiger partial charge in [0.25, 0.3) is 0 Å². The van der Waals surface area contributed by atoms with Gasteiger partial charge in [-0.3, -0.25) is 9.69 Å². The third kappa shape index (κ3) is 2.88. The lowest BCUT2D eigenvalue weighted by atomic mass is 9.91. The molecule has 0 radical (unpaired) electrons. The number of tetrazole rings is 1. The summed E-state index contributed by atoms with van der Waals surface area (Å²) in [4.78, 5) is 26.3. The SMILES string of the molecule is Cc1ccc(-n2nnnc2CN2C(=O)CC3(CCCC3)NC2=O)cc1. The first kappa shape index (κ1) is 15.7. The fraction of sp³-hybridized carbons (Fsp3) is 0.471. The van der Waals surface area contributed by atoms with E-state index in [1.807, 2.05) is 31.2 Å². The number of urea groups is 1. The van der Waals surface area contributed by atoms with Crippen LogP contribution in [-0.2, 0) is 11.3 Å². The summed E-state index contributed by atoms with van der Waals surface area (Å²) in [6, 6.07) is 7.38. The molecule has 1 saturated carbocycles. The maximum Gasteiger partial charge on any atom is 0.324 e. The van der Waals surface area contributed by atoms with Crippen molar-refractivity contribution in [2.75, 3.05) is 0 Å². The molecule has 3 amide bonds. The summed E-state index contributed by atoms with van der Waals surface area (Å²) < 4.78 is 1.56. The van der Waals surface area contributed by atoms with E-state index < -0.39 is 0 Å². The van der Waals surface area contributed by atoms with Gasteiger partial charge in [-0.2, -0.15) is 4.68 Å². The van der Waals surface area contributed by atoms with Gasteiger partial charge in [-0.05, 0) is 42.3 Å². The predicted octanol–water partition coefficient (Wildman–Crippen LogP) is 1.73.